The van der Waals surface area contributed by atoms with Crippen molar-refractivity contribution in [3.63, 3.8) is 0 Å². The molecule has 0 heterocycles. The Morgan fingerprint density at radius 2 is 2.09 bits per heavy atom. The summed E-state index contributed by atoms with van der Waals surface area (Å²) in [5.41, 5.74) is 0. The van der Waals surface area contributed by atoms with E-state index in [4.69, 9.17) is 0 Å². The van der Waals surface area contributed by atoms with Crippen molar-refractivity contribution in [2.24, 2.45) is 23.7 Å². The number of allylic oxidation sites excluding steroid dienone is 1. The Hall–Kier alpha value is -0.260. The van der Waals surface area contributed by atoms with Gasteiger partial charge in [-0.05, 0) is 30.1 Å². The molecular formula is C11H20. The summed E-state index contributed by atoms with van der Waals surface area (Å²) in [4.78, 5) is 0. The molecule has 0 aliphatic heterocycles. The van der Waals surface area contributed by atoms with E-state index in [9.17, 15) is 0 Å². The van der Waals surface area contributed by atoms with Crippen LogP contribution in [0.1, 0.15) is 33.6 Å². The smallest absolute Gasteiger partial charge is 0.0205 e. The molecule has 1 rings (SSSR count). The van der Waals surface area contributed by atoms with Crippen LogP contribution in [0.15, 0.2) is 12.7 Å². The molecule has 0 spiro atoms. The van der Waals surface area contributed by atoms with E-state index < -0.39 is 0 Å². The van der Waals surface area contributed by atoms with Crippen molar-refractivity contribution in [2.75, 3.05) is 0 Å². The Bertz CT molecular complexity index is 137. The van der Waals surface area contributed by atoms with Crippen molar-refractivity contribution < 1.29 is 0 Å². The second-order valence-electron chi connectivity index (χ2n) is 3.82. The van der Waals surface area contributed by atoms with Gasteiger partial charge in [-0.2, -0.15) is 0 Å². The third kappa shape index (κ3) is 1.50. The van der Waals surface area contributed by atoms with Gasteiger partial charge in [0.25, 0.3) is 0 Å². The zero-order valence-electron chi connectivity index (χ0n) is 8.01. The Morgan fingerprint density at radius 1 is 1.45 bits per heavy atom. The SMILES string of the molecule is C=CC(CC)C1C(C)C1CC. The van der Waals surface area contributed by atoms with Crippen molar-refractivity contribution in [3.8, 4) is 0 Å². The topological polar surface area (TPSA) is 0 Å². The summed E-state index contributed by atoms with van der Waals surface area (Å²) in [6.07, 6.45) is 4.78. The van der Waals surface area contributed by atoms with Gasteiger partial charge < -0.3 is 0 Å². The lowest BCUT2D eigenvalue weighted by molar-refractivity contribution is 0.497. The second kappa shape index (κ2) is 3.42. The first-order valence-electron chi connectivity index (χ1n) is 4.88. The molecule has 0 nitrogen and oxygen atoms in total. The average molecular weight is 152 g/mol. The maximum atomic E-state index is 3.90. The average Bonchev–Trinajstić information content (AvgIpc) is 2.65. The predicted molar refractivity (Wildman–Crippen MR) is 50.4 cm³/mol. The number of hydrogen-bond donors (Lipinski definition) is 0. The Balaban J connectivity index is 2.43. The van der Waals surface area contributed by atoms with Crippen LogP contribution in [0.3, 0.4) is 0 Å². The van der Waals surface area contributed by atoms with Crippen molar-refractivity contribution in [1.82, 2.24) is 0 Å². The second-order valence-corrected chi connectivity index (χ2v) is 3.82. The van der Waals surface area contributed by atoms with Crippen LogP contribution >= 0.6 is 0 Å². The minimum Gasteiger partial charge on any atom is -0.103 e. The van der Waals surface area contributed by atoms with Crippen molar-refractivity contribution >= 4 is 0 Å². The highest BCUT2D eigenvalue weighted by molar-refractivity contribution is 5.01. The van der Waals surface area contributed by atoms with Crippen LogP contribution in [0.5, 0.6) is 0 Å². The van der Waals surface area contributed by atoms with E-state index in [2.05, 4.69) is 33.4 Å². The zero-order chi connectivity index (χ0) is 8.43. The molecule has 1 fully saturated rings. The molecule has 0 aromatic heterocycles. The maximum absolute atomic E-state index is 3.90. The molecule has 1 aliphatic rings. The van der Waals surface area contributed by atoms with Crippen LogP contribution in [-0.4, -0.2) is 0 Å². The van der Waals surface area contributed by atoms with Crippen LogP contribution in [0.25, 0.3) is 0 Å². The van der Waals surface area contributed by atoms with E-state index in [0.717, 1.165) is 23.7 Å². The van der Waals surface area contributed by atoms with Gasteiger partial charge in [0.05, 0.1) is 0 Å². The molecular weight excluding hydrogens is 132 g/mol. The van der Waals surface area contributed by atoms with Gasteiger partial charge in [0.2, 0.25) is 0 Å². The van der Waals surface area contributed by atoms with E-state index >= 15 is 0 Å². The van der Waals surface area contributed by atoms with Crippen LogP contribution in [0, 0.1) is 23.7 Å². The van der Waals surface area contributed by atoms with Gasteiger partial charge in [-0.15, -0.1) is 6.58 Å². The van der Waals surface area contributed by atoms with Crippen molar-refractivity contribution in [1.29, 1.82) is 0 Å². The fourth-order valence-corrected chi connectivity index (χ4v) is 2.53. The van der Waals surface area contributed by atoms with Gasteiger partial charge in [0, 0.05) is 0 Å². The Morgan fingerprint density at radius 3 is 2.36 bits per heavy atom. The third-order valence-corrected chi connectivity index (χ3v) is 3.38. The van der Waals surface area contributed by atoms with Gasteiger partial charge in [-0.25, -0.2) is 0 Å². The number of hydrogen-bond acceptors (Lipinski definition) is 0. The Kier molecular flexibility index (Phi) is 2.75. The molecule has 0 aromatic rings. The molecule has 1 aliphatic carbocycles. The normalized spacial score (nSPS) is 38.3. The van der Waals surface area contributed by atoms with Gasteiger partial charge >= 0.3 is 0 Å². The quantitative estimate of drug-likeness (QED) is 0.541. The Labute approximate surface area is 70.7 Å². The first kappa shape index (κ1) is 8.83. The number of rotatable bonds is 4. The van der Waals surface area contributed by atoms with Gasteiger partial charge in [0.1, 0.15) is 0 Å². The lowest BCUT2D eigenvalue weighted by Crippen LogP contribution is -1.98. The molecule has 1 saturated carbocycles. The van der Waals surface area contributed by atoms with Gasteiger partial charge in [0.15, 0.2) is 0 Å². The fraction of sp³-hybridized carbons (Fsp3) is 0.818. The summed E-state index contributed by atoms with van der Waals surface area (Å²) >= 11 is 0. The monoisotopic (exact) mass is 152 g/mol. The van der Waals surface area contributed by atoms with Crippen molar-refractivity contribution in [2.45, 2.75) is 33.6 Å². The minimum absolute atomic E-state index is 0.787. The minimum atomic E-state index is 0.787. The lowest BCUT2D eigenvalue weighted by atomic mass is 9.98. The highest BCUT2D eigenvalue weighted by atomic mass is 14.5. The third-order valence-electron chi connectivity index (χ3n) is 3.38. The van der Waals surface area contributed by atoms with E-state index in [-0.39, 0.29) is 0 Å². The first-order chi connectivity index (χ1) is 5.26. The summed E-state index contributed by atoms with van der Waals surface area (Å²) in [7, 11) is 0. The first-order valence-corrected chi connectivity index (χ1v) is 4.88. The molecule has 64 valence electrons. The fourth-order valence-electron chi connectivity index (χ4n) is 2.53. The van der Waals surface area contributed by atoms with Crippen LogP contribution in [0.4, 0.5) is 0 Å². The summed E-state index contributed by atoms with van der Waals surface area (Å²) in [6.45, 7) is 10.8. The highest BCUT2D eigenvalue weighted by Crippen LogP contribution is 2.53. The molecule has 0 bridgehead atoms. The van der Waals surface area contributed by atoms with E-state index in [0.29, 0.717) is 0 Å². The molecule has 0 radical (unpaired) electrons. The molecule has 0 N–H and O–H groups in total. The highest BCUT2D eigenvalue weighted by Gasteiger charge is 2.47. The summed E-state index contributed by atoms with van der Waals surface area (Å²) in [6, 6.07) is 0. The van der Waals surface area contributed by atoms with E-state index in [1.54, 1.807) is 0 Å². The molecule has 4 atom stereocenters. The maximum Gasteiger partial charge on any atom is -0.0205 e. The van der Waals surface area contributed by atoms with Crippen LogP contribution in [0.2, 0.25) is 0 Å². The van der Waals surface area contributed by atoms with Crippen LogP contribution < -0.4 is 0 Å². The zero-order valence-corrected chi connectivity index (χ0v) is 8.01. The van der Waals surface area contributed by atoms with Gasteiger partial charge in [-0.1, -0.05) is 33.3 Å². The summed E-state index contributed by atoms with van der Waals surface area (Å²) in [5.74, 6) is 3.71. The molecule has 0 saturated heterocycles. The lowest BCUT2D eigenvalue weighted by Gasteiger charge is -2.07. The largest absolute Gasteiger partial charge is 0.103 e. The van der Waals surface area contributed by atoms with Crippen molar-refractivity contribution in [3.05, 3.63) is 12.7 Å². The molecule has 0 amide bonds. The summed E-state index contributed by atoms with van der Waals surface area (Å²) < 4.78 is 0. The van der Waals surface area contributed by atoms with E-state index in [1.165, 1.54) is 12.8 Å². The van der Waals surface area contributed by atoms with Gasteiger partial charge in [-0.3, -0.25) is 0 Å². The predicted octanol–water partition coefficient (Wildman–Crippen LogP) is 3.49. The molecule has 0 aromatic carbocycles. The molecule has 0 heteroatoms. The standard InChI is InChI=1S/C11H20/c1-5-9(6-2)11-8(4)10(11)7-3/h5,8-11H,1,6-7H2,2-4H3. The summed E-state index contributed by atoms with van der Waals surface area (Å²) in [5, 5.41) is 0. The van der Waals surface area contributed by atoms with E-state index in [1.807, 2.05) is 0 Å². The molecule has 4 unspecified atom stereocenters. The van der Waals surface area contributed by atoms with Crippen LogP contribution in [-0.2, 0) is 0 Å². The molecule has 11 heavy (non-hydrogen) atoms.